The van der Waals surface area contributed by atoms with E-state index >= 15 is 0 Å². The van der Waals surface area contributed by atoms with Crippen LogP contribution in [0.25, 0.3) is 0 Å². The van der Waals surface area contributed by atoms with Crippen LogP contribution in [-0.4, -0.2) is 41.2 Å². The molecule has 0 spiro atoms. The number of aromatic amines is 1. The second kappa shape index (κ2) is 8.91. The highest BCUT2D eigenvalue weighted by Crippen LogP contribution is 2.30. The molecule has 0 bridgehead atoms. The van der Waals surface area contributed by atoms with E-state index in [0.29, 0.717) is 29.9 Å². The van der Waals surface area contributed by atoms with Crippen molar-refractivity contribution in [1.82, 2.24) is 9.97 Å². The predicted molar refractivity (Wildman–Crippen MR) is 108 cm³/mol. The number of nitrogens with zero attached hydrogens (tertiary/aromatic N) is 2. The fraction of sp³-hybridized carbons (Fsp3) is 0.476. The Kier molecular flexibility index (Phi) is 6.83. The van der Waals surface area contributed by atoms with Crippen molar-refractivity contribution in [3.05, 3.63) is 46.9 Å². The first-order valence-electron chi connectivity index (χ1n) is 9.44. The van der Waals surface area contributed by atoms with Gasteiger partial charge in [-0.15, -0.1) is 0 Å². The molecule has 0 unspecified atom stereocenters. The topological polar surface area (TPSA) is 84.5 Å². The van der Waals surface area contributed by atoms with E-state index in [1.165, 1.54) is 0 Å². The zero-order valence-corrected chi connectivity index (χ0v) is 17.5. The van der Waals surface area contributed by atoms with Crippen LogP contribution in [0, 0.1) is 0 Å². The van der Waals surface area contributed by atoms with Crippen LogP contribution in [0.5, 0.6) is 0 Å². The molecule has 0 aliphatic carbocycles. The SMILES string of the molecule is CCOC(=O)c1c(N(C)Cc2ccccn2)[nH]c(C(=O)OC(C)(C)C)c1CC. The molecular weight excluding hydrogens is 358 g/mol. The van der Waals surface area contributed by atoms with Crippen molar-refractivity contribution < 1.29 is 19.1 Å². The van der Waals surface area contributed by atoms with Gasteiger partial charge in [0.25, 0.3) is 0 Å². The van der Waals surface area contributed by atoms with Gasteiger partial charge in [0.05, 0.1) is 18.8 Å². The summed E-state index contributed by atoms with van der Waals surface area (Å²) in [4.78, 5) is 34.7. The zero-order valence-electron chi connectivity index (χ0n) is 17.5. The number of nitrogens with one attached hydrogen (secondary N) is 1. The molecule has 0 aromatic carbocycles. The number of carbonyl (C=O) groups is 2. The molecule has 2 aromatic heterocycles. The van der Waals surface area contributed by atoms with Gasteiger partial charge in [-0.25, -0.2) is 9.59 Å². The van der Waals surface area contributed by atoms with Crippen LogP contribution >= 0.6 is 0 Å². The average Bonchev–Trinajstić information content (AvgIpc) is 3.01. The molecule has 0 saturated carbocycles. The Bertz CT molecular complexity index is 822. The molecule has 0 atom stereocenters. The van der Waals surface area contributed by atoms with E-state index < -0.39 is 17.5 Å². The van der Waals surface area contributed by atoms with Gasteiger partial charge in [0, 0.05) is 18.8 Å². The number of carbonyl (C=O) groups excluding carboxylic acids is 2. The van der Waals surface area contributed by atoms with Crippen LogP contribution in [-0.2, 0) is 22.4 Å². The van der Waals surface area contributed by atoms with Crippen molar-refractivity contribution in [2.24, 2.45) is 0 Å². The summed E-state index contributed by atoms with van der Waals surface area (Å²) in [5.41, 5.74) is 1.44. The van der Waals surface area contributed by atoms with E-state index in [1.54, 1.807) is 33.9 Å². The lowest BCUT2D eigenvalue weighted by Crippen LogP contribution is -2.25. The molecule has 0 aliphatic rings. The maximum atomic E-state index is 12.7. The summed E-state index contributed by atoms with van der Waals surface area (Å²) in [7, 11) is 1.83. The molecule has 2 heterocycles. The van der Waals surface area contributed by atoms with Crippen molar-refractivity contribution in [3.63, 3.8) is 0 Å². The molecular formula is C21H29N3O4. The van der Waals surface area contributed by atoms with Gasteiger partial charge in [-0.3, -0.25) is 4.98 Å². The van der Waals surface area contributed by atoms with Crippen LogP contribution < -0.4 is 4.90 Å². The Hall–Kier alpha value is -2.83. The molecule has 0 fully saturated rings. The Balaban J connectivity index is 2.49. The lowest BCUT2D eigenvalue weighted by molar-refractivity contribution is 0.00624. The second-order valence-electron chi connectivity index (χ2n) is 7.46. The van der Waals surface area contributed by atoms with E-state index in [2.05, 4.69) is 9.97 Å². The van der Waals surface area contributed by atoms with Gasteiger partial charge in [0.2, 0.25) is 0 Å². The molecule has 0 saturated heterocycles. The number of H-pyrrole nitrogens is 1. The lowest BCUT2D eigenvalue weighted by atomic mass is 10.1. The number of hydrogen-bond donors (Lipinski definition) is 1. The monoisotopic (exact) mass is 387 g/mol. The van der Waals surface area contributed by atoms with Crippen molar-refractivity contribution in [2.45, 2.75) is 53.2 Å². The van der Waals surface area contributed by atoms with E-state index in [-0.39, 0.29) is 12.3 Å². The number of ether oxygens (including phenoxy) is 2. The maximum absolute atomic E-state index is 12.7. The third kappa shape index (κ3) is 5.12. The van der Waals surface area contributed by atoms with Crippen LogP contribution in [0.1, 0.15) is 66.7 Å². The minimum Gasteiger partial charge on any atom is -0.462 e. The van der Waals surface area contributed by atoms with Gasteiger partial charge in [0.15, 0.2) is 0 Å². The fourth-order valence-electron chi connectivity index (χ4n) is 2.90. The Morgan fingerprint density at radius 3 is 2.43 bits per heavy atom. The summed E-state index contributed by atoms with van der Waals surface area (Å²) < 4.78 is 10.8. The quantitative estimate of drug-likeness (QED) is 0.729. The highest BCUT2D eigenvalue weighted by Gasteiger charge is 2.30. The molecule has 7 nitrogen and oxygen atoms in total. The molecule has 152 valence electrons. The number of pyridine rings is 1. The van der Waals surface area contributed by atoms with Crippen LogP contribution in [0.4, 0.5) is 5.82 Å². The van der Waals surface area contributed by atoms with Gasteiger partial charge in [-0.1, -0.05) is 13.0 Å². The van der Waals surface area contributed by atoms with Crippen LogP contribution in [0.2, 0.25) is 0 Å². The van der Waals surface area contributed by atoms with E-state index in [0.717, 1.165) is 5.69 Å². The van der Waals surface area contributed by atoms with E-state index in [4.69, 9.17) is 9.47 Å². The summed E-state index contributed by atoms with van der Waals surface area (Å²) >= 11 is 0. The number of hydrogen-bond acceptors (Lipinski definition) is 6. The molecule has 2 rings (SSSR count). The standard InChI is InChI=1S/C21H29N3O4/c1-7-15-16(19(25)27-8-2)18(23-17(15)20(26)28-21(3,4)5)24(6)13-14-11-9-10-12-22-14/h9-12,23H,7-8,13H2,1-6H3. The van der Waals surface area contributed by atoms with Gasteiger partial charge >= 0.3 is 11.9 Å². The normalized spacial score (nSPS) is 11.2. The first-order valence-corrected chi connectivity index (χ1v) is 9.44. The van der Waals surface area contributed by atoms with Gasteiger partial charge in [-0.05, 0) is 46.2 Å². The minimum absolute atomic E-state index is 0.248. The van der Waals surface area contributed by atoms with Gasteiger partial charge in [0.1, 0.15) is 22.7 Å². The Morgan fingerprint density at radius 1 is 1.18 bits per heavy atom. The number of anilines is 1. The smallest absolute Gasteiger partial charge is 0.355 e. The first kappa shape index (κ1) is 21.5. The average molecular weight is 387 g/mol. The third-order valence-corrected chi connectivity index (χ3v) is 4.03. The summed E-state index contributed by atoms with van der Waals surface area (Å²) in [5, 5.41) is 0. The molecule has 7 heteroatoms. The number of esters is 2. The van der Waals surface area contributed by atoms with Crippen LogP contribution in [0.15, 0.2) is 24.4 Å². The summed E-state index contributed by atoms with van der Waals surface area (Å²) in [6.45, 7) is 9.77. The molecule has 1 N–H and O–H groups in total. The van der Waals surface area contributed by atoms with E-state index in [9.17, 15) is 9.59 Å². The number of aromatic nitrogens is 2. The molecule has 0 aliphatic heterocycles. The largest absolute Gasteiger partial charge is 0.462 e. The minimum atomic E-state index is -0.642. The molecule has 2 aromatic rings. The highest BCUT2D eigenvalue weighted by molar-refractivity contribution is 6.02. The van der Waals surface area contributed by atoms with Crippen molar-refractivity contribution >= 4 is 17.8 Å². The van der Waals surface area contributed by atoms with Crippen molar-refractivity contribution in [2.75, 3.05) is 18.6 Å². The van der Waals surface area contributed by atoms with E-state index in [1.807, 2.05) is 37.1 Å². The van der Waals surface area contributed by atoms with Gasteiger partial charge < -0.3 is 19.4 Å². The zero-order chi connectivity index (χ0) is 20.9. The second-order valence-corrected chi connectivity index (χ2v) is 7.46. The third-order valence-electron chi connectivity index (χ3n) is 4.03. The highest BCUT2D eigenvalue weighted by atomic mass is 16.6. The molecule has 0 amide bonds. The predicted octanol–water partition coefficient (Wildman–Crippen LogP) is 3.74. The molecule has 0 radical (unpaired) electrons. The Morgan fingerprint density at radius 2 is 1.89 bits per heavy atom. The van der Waals surface area contributed by atoms with Crippen LogP contribution in [0.3, 0.4) is 0 Å². The molecule has 28 heavy (non-hydrogen) atoms. The Labute approximate surface area is 166 Å². The summed E-state index contributed by atoms with van der Waals surface area (Å²) in [6.07, 6.45) is 2.20. The maximum Gasteiger partial charge on any atom is 0.355 e. The summed E-state index contributed by atoms with van der Waals surface area (Å²) in [6, 6.07) is 5.65. The fourth-order valence-corrected chi connectivity index (χ4v) is 2.90. The number of rotatable bonds is 7. The van der Waals surface area contributed by atoms with Gasteiger partial charge in [-0.2, -0.15) is 0 Å². The first-order chi connectivity index (χ1) is 13.2. The van der Waals surface area contributed by atoms with Crippen molar-refractivity contribution in [3.8, 4) is 0 Å². The van der Waals surface area contributed by atoms with Crippen molar-refractivity contribution in [1.29, 1.82) is 0 Å². The lowest BCUT2D eigenvalue weighted by Gasteiger charge is -2.19. The summed E-state index contributed by atoms with van der Waals surface area (Å²) in [5.74, 6) is -0.442.